The Morgan fingerprint density at radius 3 is 2.07 bits per heavy atom. The maximum atomic E-state index is 14.5. The second-order valence-corrected chi connectivity index (χ2v) is 8.23. The highest BCUT2D eigenvalue weighted by molar-refractivity contribution is 6.08. The summed E-state index contributed by atoms with van der Waals surface area (Å²) in [6.07, 6.45) is -0.326. The number of ether oxygens (including phenoxy) is 1. The molecule has 1 saturated carbocycles. The summed E-state index contributed by atoms with van der Waals surface area (Å²) in [5, 5.41) is 0. The van der Waals surface area contributed by atoms with E-state index in [1.54, 1.807) is 19.1 Å². The fourth-order valence-corrected chi connectivity index (χ4v) is 4.63. The summed E-state index contributed by atoms with van der Waals surface area (Å²) in [5.41, 5.74) is -0.000675. The first-order valence-corrected chi connectivity index (χ1v) is 10.8. The van der Waals surface area contributed by atoms with Crippen LogP contribution in [0.15, 0.2) is 36.4 Å². The molecule has 1 aliphatic carbocycles. The molecule has 27 heavy (non-hydrogen) atoms. The number of hydrogen-bond donors (Lipinski definition) is 0. The van der Waals surface area contributed by atoms with Gasteiger partial charge < -0.3 is 4.74 Å². The first-order valence-electron chi connectivity index (χ1n) is 9.43. The Bertz CT molecular complexity index is 760. The predicted molar refractivity (Wildman–Crippen MR) is 102 cm³/mol. The van der Waals surface area contributed by atoms with E-state index >= 15 is 0 Å². The Kier molecular flexibility index (Phi) is 5.94. The molecule has 2 aromatic rings. The van der Waals surface area contributed by atoms with E-state index < -0.39 is 23.3 Å². The molecule has 1 nitrogen and oxygen atoms in total. The third-order valence-electron chi connectivity index (χ3n) is 5.52. The van der Waals surface area contributed by atoms with Gasteiger partial charge in [-0.1, -0.05) is 36.6 Å². The number of hydrogen-bond acceptors (Lipinski definition) is 1. The lowest BCUT2D eigenvalue weighted by atomic mass is 9.79. The van der Waals surface area contributed by atoms with Gasteiger partial charge in [-0.25, -0.2) is 8.78 Å². The highest BCUT2D eigenvalue weighted by atomic mass is 28.1. The molecule has 0 bridgehead atoms. The normalized spacial score (nSPS) is 20.6. The molecule has 0 radical (unpaired) electrons. The second kappa shape index (κ2) is 8.05. The smallest absolute Gasteiger partial charge is 0.429 e. The van der Waals surface area contributed by atoms with Crippen LogP contribution in [0.5, 0.6) is 5.75 Å². The Labute approximate surface area is 160 Å². The van der Waals surface area contributed by atoms with Crippen LogP contribution in [-0.4, -0.2) is 10.2 Å². The highest BCUT2D eigenvalue weighted by Gasteiger charge is 2.41. The molecule has 0 spiro atoms. The minimum Gasteiger partial charge on any atom is -0.429 e. The molecule has 2 aromatic carbocycles. The molecule has 6 heteroatoms. The Morgan fingerprint density at radius 2 is 1.56 bits per heavy atom. The number of aryl methyl sites for hydroxylation is 1. The van der Waals surface area contributed by atoms with Crippen LogP contribution in [0.1, 0.15) is 48.3 Å². The second-order valence-electron chi connectivity index (χ2n) is 7.42. The van der Waals surface area contributed by atoms with E-state index in [4.69, 9.17) is 0 Å². The fourth-order valence-electron chi connectivity index (χ4n) is 3.82. The molecule has 0 atom stereocenters. The zero-order valence-corrected chi connectivity index (χ0v) is 17.6. The highest BCUT2D eigenvalue weighted by Crippen LogP contribution is 2.40. The molecular formula is C21H24F4OSi. The zero-order chi connectivity index (χ0) is 19.6. The van der Waals surface area contributed by atoms with Crippen LogP contribution >= 0.6 is 0 Å². The number of halogens is 4. The van der Waals surface area contributed by atoms with Gasteiger partial charge in [0.15, 0.2) is 0 Å². The average molecular weight is 397 g/mol. The molecule has 0 amide bonds. The van der Waals surface area contributed by atoms with Crippen LogP contribution in [-0.2, 0) is 6.11 Å². The summed E-state index contributed by atoms with van der Waals surface area (Å²) in [5.74, 6) is -1.93. The minimum absolute atomic E-state index is 0.0270. The maximum Gasteiger partial charge on any atom is 0.432 e. The fraction of sp³-hybridized carbons (Fsp3) is 0.429. The Hall–Kier alpha value is -1.82. The molecule has 0 saturated heterocycles. The van der Waals surface area contributed by atoms with Crippen LogP contribution in [0.25, 0.3) is 0 Å². The first kappa shape index (κ1) is 19.9. The van der Waals surface area contributed by atoms with Crippen molar-refractivity contribution < 1.29 is 22.3 Å². The van der Waals surface area contributed by atoms with Crippen molar-refractivity contribution in [2.75, 3.05) is 0 Å². The van der Waals surface area contributed by atoms with Crippen molar-refractivity contribution >= 4 is 10.2 Å². The summed E-state index contributed by atoms with van der Waals surface area (Å²) in [4.78, 5) is 0. The molecule has 3 rings (SSSR count). The first-order chi connectivity index (χ1) is 12.8. The monoisotopic (exact) mass is 396 g/mol. The Balaban J connectivity index is 1.82. The summed E-state index contributed by atoms with van der Waals surface area (Å²) in [6.45, 7) is 1.80. The number of benzene rings is 2. The lowest BCUT2D eigenvalue weighted by Gasteiger charge is -2.28. The van der Waals surface area contributed by atoms with Gasteiger partial charge in [-0.3, -0.25) is 0 Å². The van der Waals surface area contributed by atoms with Gasteiger partial charge in [0.05, 0.1) is 0 Å². The van der Waals surface area contributed by atoms with Gasteiger partial charge in [-0.2, -0.15) is 8.78 Å². The van der Waals surface area contributed by atoms with Gasteiger partial charge in [-0.15, -0.1) is 0 Å². The van der Waals surface area contributed by atoms with Crippen LogP contribution in [0, 0.1) is 24.5 Å². The van der Waals surface area contributed by atoms with Crippen molar-refractivity contribution in [1.29, 1.82) is 0 Å². The van der Waals surface area contributed by atoms with E-state index in [1.807, 2.05) is 0 Å². The Morgan fingerprint density at radius 1 is 1.00 bits per heavy atom. The van der Waals surface area contributed by atoms with Crippen LogP contribution in [0.2, 0.25) is 6.04 Å². The standard InChI is InChI=1S/C21H24F4OSi/c1-13-2-8-17(9-3-13)26-21(24,25)20-18(22)10-16(11-19(20)23)15-6-4-14(12-27)5-7-15/h2-3,8-11,14-15H,4-7,12H2,1,27H3. The molecule has 146 valence electrons. The van der Waals surface area contributed by atoms with Gasteiger partial charge in [0.2, 0.25) is 0 Å². The van der Waals surface area contributed by atoms with Crippen molar-refractivity contribution in [2.24, 2.45) is 5.92 Å². The van der Waals surface area contributed by atoms with Crippen LogP contribution in [0.3, 0.4) is 0 Å². The molecule has 1 fully saturated rings. The van der Waals surface area contributed by atoms with Gasteiger partial charge in [0, 0.05) is 10.2 Å². The van der Waals surface area contributed by atoms with Crippen LogP contribution < -0.4 is 4.74 Å². The average Bonchev–Trinajstić information content (AvgIpc) is 2.62. The van der Waals surface area contributed by atoms with Crippen molar-refractivity contribution in [3.05, 3.63) is 64.7 Å². The molecule has 0 N–H and O–H groups in total. The van der Waals surface area contributed by atoms with Gasteiger partial charge in [0.25, 0.3) is 0 Å². The van der Waals surface area contributed by atoms with Gasteiger partial charge >= 0.3 is 6.11 Å². The lowest BCUT2D eigenvalue weighted by molar-refractivity contribution is -0.189. The van der Waals surface area contributed by atoms with Gasteiger partial charge in [0.1, 0.15) is 22.9 Å². The number of alkyl halides is 2. The third kappa shape index (κ3) is 4.54. The molecule has 0 unspecified atom stereocenters. The topological polar surface area (TPSA) is 9.23 Å². The molecule has 0 aliphatic heterocycles. The zero-order valence-electron chi connectivity index (χ0n) is 15.6. The summed E-state index contributed by atoms with van der Waals surface area (Å²) < 4.78 is 62.4. The maximum absolute atomic E-state index is 14.5. The summed E-state index contributed by atoms with van der Waals surface area (Å²) >= 11 is 0. The molecular weight excluding hydrogens is 372 g/mol. The summed E-state index contributed by atoms with van der Waals surface area (Å²) in [7, 11) is 1.16. The lowest BCUT2D eigenvalue weighted by Crippen LogP contribution is -2.25. The molecule has 0 heterocycles. The number of rotatable bonds is 5. The predicted octanol–water partition coefficient (Wildman–Crippen LogP) is 5.46. The minimum atomic E-state index is -4.09. The van der Waals surface area contributed by atoms with E-state index in [1.165, 1.54) is 18.2 Å². The van der Waals surface area contributed by atoms with Crippen molar-refractivity contribution in [3.8, 4) is 5.75 Å². The van der Waals surface area contributed by atoms with Gasteiger partial charge in [-0.05, 0) is 61.4 Å². The quantitative estimate of drug-likeness (QED) is 0.482. The molecule has 0 aromatic heterocycles. The third-order valence-corrected chi connectivity index (χ3v) is 6.67. The largest absolute Gasteiger partial charge is 0.432 e. The van der Waals surface area contributed by atoms with Crippen LogP contribution in [0.4, 0.5) is 17.6 Å². The van der Waals surface area contributed by atoms with Crippen molar-refractivity contribution in [1.82, 2.24) is 0 Å². The van der Waals surface area contributed by atoms with E-state index in [9.17, 15) is 17.6 Å². The van der Waals surface area contributed by atoms with E-state index in [0.29, 0.717) is 11.5 Å². The molecule has 1 aliphatic rings. The van der Waals surface area contributed by atoms with E-state index in [-0.39, 0.29) is 11.7 Å². The summed E-state index contributed by atoms with van der Waals surface area (Å²) in [6, 6.07) is 9.22. The SMILES string of the molecule is Cc1ccc(OC(F)(F)c2c(F)cc(C3CCC(C[SiH3])CC3)cc2F)cc1. The van der Waals surface area contributed by atoms with E-state index in [0.717, 1.165) is 53.6 Å². The van der Waals surface area contributed by atoms with Crippen molar-refractivity contribution in [3.63, 3.8) is 0 Å². The van der Waals surface area contributed by atoms with Crippen molar-refractivity contribution in [2.45, 2.75) is 50.7 Å². The van der Waals surface area contributed by atoms with E-state index in [2.05, 4.69) is 4.74 Å².